The molecule has 0 spiro atoms. The van der Waals surface area contributed by atoms with Crippen LogP contribution < -0.4 is 15.6 Å². The number of hydrogen-bond donors (Lipinski definition) is 2. The number of amides is 2. The fourth-order valence-electron chi connectivity index (χ4n) is 1.65. The number of nitrogens with zero attached hydrogens (tertiary/aromatic N) is 1. The van der Waals surface area contributed by atoms with Crippen LogP contribution in [0.15, 0.2) is 54.7 Å². The fourth-order valence-corrected chi connectivity index (χ4v) is 1.65. The number of hydrogen-bond acceptors (Lipinski definition) is 4. The SMILES string of the molecule is O=C(/C=C/c1ccc(OC(F)F)cc1)NNC(=O)c1ccccn1. The van der Waals surface area contributed by atoms with Crippen molar-refractivity contribution in [3.8, 4) is 5.75 Å². The molecule has 2 N–H and O–H groups in total. The van der Waals surface area contributed by atoms with Crippen LogP contribution >= 0.6 is 0 Å². The van der Waals surface area contributed by atoms with Crippen LogP contribution in [0.1, 0.15) is 16.1 Å². The minimum Gasteiger partial charge on any atom is -0.435 e. The Morgan fingerprint density at radius 1 is 1.08 bits per heavy atom. The topological polar surface area (TPSA) is 80.3 Å². The van der Waals surface area contributed by atoms with E-state index >= 15 is 0 Å². The highest BCUT2D eigenvalue weighted by molar-refractivity contribution is 5.96. The quantitative estimate of drug-likeness (QED) is 0.649. The Balaban J connectivity index is 1.83. The zero-order valence-corrected chi connectivity index (χ0v) is 12.3. The second-order valence-electron chi connectivity index (χ2n) is 4.44. The maximum atomic E-state index is 12.0. The smallest absolute Gasteiger partial charge is 0.387 e. The first kappa shape index (κ1) is 17.1. The number of aromatic nitrogens is 1. The number of alkyl halides is 2. The molecule has 6 nitrogen and oxygen atoms in total. The summed E-state index contributed by atoms with van der Waals surface area (Å²) in [6.07, 6.45) is 4.09. The molecule has 24 heavy (non-hydrogen) atoms. The Morgan fingerprint density at radius 3 is 2.46 bits per heavy atom. The number of pyridine rings is 1. The summed E-state index contributed by atoms with van der Waals surface area (Å²) >= 11 is 0. The molecular formula is C16H13F2N3O3. The lowest BCUT2D eigenvalue weighted by Gasteiger charge is -2.05. The zero-order valence-electron chi connectivity index (χ0n) is 12.3. The zero-order chi connectivity index (χ0) is 17.4. The summed E-state index contributed by atoms with van der Waals surface area (Å²) in [5, 5.41) is 0. The van der Waals surface area contributed by atoms with E-state index in [-0.39, 0.29) is 11.4 Å². The van der Waals surface area contributed by atoms with E-state index in [9.17, 15) is 18.4 Å². The van der Waals surface area contributed by atoms with Gasteiger partial charge in [0.2, 0.25) is 0 Å². The van der Waals surface area contributed by atoms with Crippen molar-refractivity contribution in [1.29, 1.82) is 0 Å². The molecule has 0 aliphatic carbocycles. The summed E-state index contributed by atoms with van der Waals surface area (Å²) in [5.74, 6) is -1.09. The predicted molar refractivity (Wildman–Crippen MR) is 82.0 cm³/mol. The maximum Gasteiger partial charge on any atom is 0.387 e. The van der Waals surface area contributed by atoms with Crippen LogP contribution in [0.2, 0.25) is 0 Å². The van der Waals surface area contributed by atoms with Crippen LogP contribution in [0.5, 0.6) is 5.75 Å². The molecule has 0 aliphatic heterocycles. The third kappa shape index (κ3) is 5.48. The largest absolute Gasteiger partial charge is 0.435 e. The van der Waals surface area contributed by atoms with Gasteiger partial charge in [-0.15, -0.1) is 0 Å². The van der Waals surface area contributed by atoms with Gasteiger partial charge in [-0.2, -0.15) is 8.78 Å². The second kappa shape index (κ2) is 8.37. The summed E-state index contributed by atoms with van der Waals surface area (Å²) in [7, 11) is 0. The number of rotatable bonds is 5. The third-order valence-electron chi connectivity index (χ3n) is 2.73. The summed E-state index contributed by atoms with van der Waals surface area (Å²) in [6.45, 7) is -2.89. The van der Waals surface area contributed by atoms with Gasteiger partial charge in [-0.25, -0.2) is 0 Å². The van der Waals surface area contributed by atoms with Crippen LogP contribution in [-0.4, -0.2) is 23.4 Å². The van der Waals surface area contributed by atoms with Crippen molar-refractivity contribution in [3.63, 3.8) is 0 Å². The van der Waals surface area contributed by atoms with Crippen molar-refractivity contribution >= 4 is 17.9 Å². The average Bonchev–Trinajstić information content (AvgIpc) is 2.59. The van der Waals surface area contributed by atoms with Crippen molar-refractivity contribution in [1.82, 2.24) is 15.8 Å². The van der Waals surface area contributed by atoms with Gasteiger partial charge in [0.1, 0.15) is 11.4 Å². The van der Waals surface area contributed by atoms with E-state index in [1.165, 1.54) is 48.7 Å². The van der Waals surface area contributed by atoms with Crippen LogP contribution in [0.25, 0.3) is 6.08 Å². The van der Waals surface area contributed by atoms with E-state index in [1.807, 2.05) is 0 Å². The molecule has 2 rings (SSSR count). The first-order valence-electron chi connectivity index (χ1n) is 6.79. The Labute approximate surface area is 136 Å². The summed E-state index contributed by atoms with van der Waals surface area (Å²) < 4.78 is 28.3. The monoisotopic (exact) mass is 333 g/mol. The van der Waals surface area contributed by atoms with Gasteiger partial charge >= 0.3 is 6.61 Å². The molecule has 0 atom stereocenters. The van der Waals surface area contributed by atoms with E-state index in [0.29, 0.717) is 5.56 Å². The van der Waals surface area contributed by atoms with E-state index in [1.54, 1.807) is 12.1 Å². The van der Waals surface area contributed by atoms with Gasteiger partial charge in [0.25, 0.3) is 11.8 Å². The van der Waals surface area contributed by atoms with Crippen molar-refractivity contribution < 1.29 is 23.1 Å². The molecule has 124 valence electrons. The lowest BCUT2D eigenvalue weighted by molar-refractivity contribution is -0.117. The standard InChI is InChI=1S/C16H13F2N3O3/c17-16(18)24-12-7-4-11(5-8-12)6-9-14(22)20-21-15(23)13-3-1-2-10-19-13/h1-10,16H,(H,20,22)(H,21,23)/b9-6+. The van der Waals surface area contributed by atoms with Gasteiger partial charge in [0.05, 0.1) is 0 Å². The summed E-state index contributed by atoms with van der Waals surface area (Å²) in [4.78, 5) is 27.1. The molecule has 0 saturated heterocycles. The summed E-state index contributed by atoms with van der Waals surface area (Å²) in [5.41, 5.74) is 5.17. The van der Waals surface area contributed by atoms with Crippen molar-refractivity contribution in [2.75, 3.05) is 0 Å². The number of ether oxygens (including phenoxy) is 1. The molecule has 1 heterocycles. The lowest BCUT2D eigenvalue weighted by Crippen LogP contribution is -2.41. The van der Waals surface area contributed by atoms with Crippen molar-refractivity contribution in [2.45, 2.75) is 6.61 Å². The number of carbonyl (C=O) groups excluding carboxylic acids is 2. The Hall–Kier alpha value is -3.29. The minimum atomic E-state index is -2.89. The number of benzene rings is 1. The molecule has 1 aromatic carbocycles. The summed E-state index contributed by atoms with van der Waals surface area (Å²) in [6, 6.07) is 10.5. The Bertz CT molecular complexity index is 719. The van der Waals surface area contributed by atoms with Gasteiger partial charge in [0.15, 0.2) is 0 Å². The van der Waals surface area contributed by atoms with E-state index in [0.717, 1.165) is 0 Å². The van der Waals surface area contributed by atoms with Gasteiger partial charge in [-0.05, 0) is 35.9 Å². The number of hydrazine groups is 1. The van der Waals surface area contributed by atoms with Crippen molar-refractivity contribution in [3.05, 3.63) is 66.0 Å². The highest BCUT2D eigenvalue weighted by Crippen LogP contribution is 2.15. The first-order valence-corrected chi connectivity index (χ1v) is 6.79. The van der Waals surface area contributed by atoms with Crippen LogP contribution in [-0.2, 0) is 4.79 Å². The Kier molecular flexibility index (Phi) is 5.95. The van der Waals surface area contributed by atoms with Crippen LogP contribution in [0, 0.1) is 0 Å². The molecule has 8 heteroatoms. The highest BCUT2D eigenvalue weighted by atomic mass is 19.3. The lowest BCUT2D eigenvalue weighted by atomic mass is 10.2. The molecule has 0 aliphatic rings. The van der Waals surface area contributed by atoms with Gasteiger partial charge in [-0.1, -0.05) is 18.2 Å². The molecule has 1 aromatic heterocycles. The molecule has 2 aromatic rings. The van der Waals surface area contributed by atoms with Gasteiger partial charge in [0, 0.05) is 12.3 Å². The first-order chi connectivity index (χ1) is 11.5. The van der Waals surface area contributed by atoms with E-state index in [2.05, 4.69) is 20.6 Å². The van der Waals surface area contributed by atoms with Crippen LogP contribution in [0.4, 0.5) is 8.78 Å². The molecule has 0 saturated carbocycles. The second-order valence-corrected chi connectivity index (χ2v) is 4.44. The normalized spacial score (nSPS) is 10.6. The molecule has 0 unspecified atom stereocenters. The molecule has 0 fully saturated rings. The number of carbonyl (C=O) groups is 2. The number of halogens is 2. The highest BCUT2D eigenvalue weighted by Gasteiger charge is 2.06. The van der Waals surface area contributed by atoms with Gasteiger partial charge in [-0.3, -0.25) is 25.4 Å². The Morgan fingerprint density at radius 2 is 1.83 bits per heavy atom. The molecule has 0 radical (unpaired) electrons. The predicted octanol–water partition coefficient (Wildman–Crippen LogP) is 2.16. The minimum absolute atomic E-state index is 0.0224. The molecular weight excluding hydrogens is 320 g/mol. The molecule has 2 amide bonds. The van der Waals surface area contributed by atoms with Crippen LogP contribution in [0.3, 0.4) is 0 Å². The molecule has 0 bridgehead atoms. The van der Waals surface area contributed by atoms with E-state index in [4.69, 9.17) is 0 Å². The number of nitrogens with one attached hydrogen (secondary N) is 2. The van der Waals surface area contributed by atoms with Gasteiger partial charge < -0.3 is 4.74 Å². The fraction of sp³-hybridized carbons (Fsp3) is 0.0625. The van der Waals surface area contributed by atoms with E-state index < -0.39 is 18.4 Å². The average molecular weight is 333 g/mol. The third-order valence-corrected chi connectivity index (χ3v) is 2.73. The maximum absolute atomic E-state index is 12.0. The van der Waals surface area contributed by atoms with Crippen molar-refractivity contribution in [2.24, 2.45) is 0 Å².